The largest absolute Gasteiger partial charge is 0.436 e. The smallest absolute Gasteiger partial charge is 0.414 e. The second kappa shape index (κ2) is 3.37. The summed E-state index contributed by atoms with van der Waals surface area (Å²) < 4.78 is 4.68. The Bertz CT molecular complexity index is 179. The first-order chi connectivity index (χ1) is 5.24. The van der Waals surface area contributed by atoms with Crippen LogP contribution in [-0.4, -0.2) is 18.1 Å². The number of rotatable bonds is 3. The summed E-state index contributed by atoms with van der Waals surface area (Å²) >= 11 is 0. The second-order valence-corrected chi connectivity index (χ2v) is 2.53. The molecule has 0 aliphatic carbocycles. The average Bonchev–Trinajstić information content (AvgIpc) is 2.26. The van der Waals surface area contributed by atoms with Gasteiger partial charge in [-0.3, -0.25) is 10.1 Å². The number of cyclic esters (lactones) is 1. The van der Waals surface area contributed by atoms with Crippen LogP contribution in [0.5, 0.6) is 0 Å². The van der Waals surface area contributed by atoms with Crippen LogP contribution in [-0.2, 0) is 9.53 Å². The molecule has 0 radical (unpaired) electrons. The third kappa shape index (κ3) is 1.93. The maximum Gasteiger partial charge on any atom is 0.414 e. The molecule has 1 aliphatic heterocycles. The molecule has 0 aromatic heterocycles. The van der Waals surface area contributed by atoms with Gasteiger partial charge in [0.15, 0.2) is 6.10 Å². The average molecular weight is 157 g/mol. The molecule has 0 bridgehead atoms. The fraction of sp³-hybridized carbons (Fsp3) is 0.714. The summed E-state index contributed by atoms with van der Waals surface area (Å²) in [5, 5.41) is 2.08. The van der Waals surface area contributed by atoms with Crippen molar-refractivity contribution in [3.63, 3.8) is 0 Å². The van der Waals surface area contributed by atoms with Gasteiger partial charge in [-0.05, 0) is 12.8 Å². The van der Waals surface area contributed by atoms with E-state index < -0.39 is 12.2 Å². The standard InChI is InChI=1S/C7H11NO3/c1-2-3-4-5-6(9)8-7(10)11-5/h5H,2-4H2,1H3,(H,8,9,10). The van der Waals surface area contributed by atoms with Crippen molar-refractivity contribution < 1.29 is 14.3 Å². The van der Waals surface area contributed by atoms with E-state index in [4.69, 9.17) is 0 Å². The molecular weight excluding hydrogens is 146 g/mol. The van der Waals surface area contributed by atoms with Crippen LogP contribution < -0.4 is 5.32 Å². The molecule has 11 heavy (non-hydrogen) atoms. The van der Waals surface area contributed by atoms with Crippen molar-refractivity contribution in [1.82, 2.24) is 5.32 Å². The zero-order chi connectivity index (χ0) is 8.27. The summed E-state index contributed by atoms with van der Waals surface area (Å²) in [6, 6.07) is 0. The number of carbonyl (C=O) groups is 2. The van der Waals surface area contributed by atoms with Gasteiger partial charge in [-0.25, -0.2) is 4.79 Å². The van der Waals surface area contributed by atoms with Gasteiger partial charge in [0.2, 0.25) is 0 Å². The fourth-order valence-corrected chi connectivity index (χ4v) is 0.973. The van der Waals surface area contributed by atoms with Gasteiger partial charge in [0.05, 0.1) is 0 Å². The molecule has 0 aromatic rings. The summed E-state index contributed by atoms with van der Waals surface area (Å²) in [5.74, 6) is -0.302. The monoisotopic (exact) mass is 157 g/mol. The van der Waals surface area contributed by atoms with Gasteiger partial charge < -0.3 is 4.74 Å². The lowest BCUT2D eigenvalue weighted by Gasteiger charge is -2.02. The van der Waals surface area contributed by atoms with E-state index in [0.717, 1.165) is 12.8 Å². The lowest BCUT2D eigenvalue weighted by Crippen LogP contribution is -2.24. The Kier molecular flexibility index (Phi) is 2.46. The zero-order valence-corrected chi connectivity index (χ0v) is 6.42. The highest BCUT2D eigenvalue weighted by Gasteiger charge is 2.30. The Morgan fingerprint density at radius 1 is 1.55 bits per heavy atom. The van der Waals surface area contributed by atoms with E-state index in [0.29, 0.717) is 6.42 Å². The highest BCUT2D eigenvalue weighted by Crippen LogP contribution is 2.09. The number of alkyl carbamates (subject to hydrolysis) is 1. The lowest BCUT2D eigenvalue weighted by atomic mass is 10.1. The van der Waals surface area contributed by atoms with Crippen molar-refractivity contribution >= 4 is 12.0 Å². The van der Waals surface area contributed by atoms with Crippen molar-refractivity contribution in [2.75, 3.05) is 0 Å². The minimum Gasteiger partial charge on any atom is -0.436 e. The number of hydrogen-bond donors (Lipinski definition) is 1. The molecule has 1 heterocycles. The molecule has 4 heteroatoms. The first-order valence-electron chi connectivity index (χ1n) is 3.75. The number of amides is 2. The Balaban J connectivity index is 2.34. The quantitative estimate of drug-likeness (QED) is 0.659. The molecule has 0 saturated carbocycles. The van der Waals surface area contributed by atoms with Gasteiger partial charge in [0.25, 0.3) is 5.91 Å². The summed E-state index contributed by atoms with van der Waals surface area (Å²) in [6.07, 6.45) is 1.39. The zero-order valence-electron chi connectivity index (χ0n) is 6.42. The van der Waals surface area contributed by atoms with Crippen LogP contribution in [0.25, 0.3) is 0 Å². The topological polar surface area (TPSA) is 55.4 Å². The number of unbranched alkanes of at least 4 members (excludes halogenated alkanes) is 1. The Labute approximate surface area is 64.9 Å². The highest BCUT2D eigenvalue weighted by molar-refractivity contribution is 5.99. The molecule has 1 saturated heterocycles. The van der Waals surface area contributed by atoms with Crippen LogP contribution in [0.4, 0.5) is 4.79 Å². The summed E-state index contributed by atoms with van der Waals surface area (Å²) in [5.41, 5.74) is 0. The van der Waals surface area contributed by atoms with E-state index in [1.54, 1.807) is 0 Å². The van der Waals surface area contributed by atoms with Crippen LogP contribution in [0, 0.1) is 0 Å². The summed E-state index contributed by atoms with van der Waals surface area (Å²) in [6.45, 7) is 2.02. The van der Waals surface area contributed by atoms with Crippen LogP contribution in [0.3, 0.4) is 0 Å². The molecule has 1 N–H and O–H groups in total. The van der Waals surface area contributed by atoms with Crippen LogP contribution in [0.2, 0.25) is 0 Å². The van der Waals surface area contributed by atoms with Gasteiger partial charge >= 0.3 is 6.09 Å². The first kappa shape index (κ1) is 8.04. The molecule has 0 spiro atoms. The number of nitrogens with one attached hydrogen (secondary N) is 1. The number of carbonyl (C=O) groups excluding carboxylic acids is 2. The fourth-order valence-electron chi connectivity index (χ4n) is 0.973. The predicted octanol–water partition coefficient (Wildman–Crippen LogP) is 0.812. The van der Waals surface area contributed by atoms with Crippen LogP contribution in [0.15, 0.2) is 0 Å². The predicted molar refractivity (Wildman–Crippen MR) is 37.9 cm³/mol. The van der Waals surface area contributed by atoms with E-state index in [1.165, 1.54) is 0 Å². The third-order valence-corrected chi connectivity index (χ3v) is 1.59. The first-order valence-corrected chi connectivity index (χ1v) is 3.75. The van der Waals surface area contributed by atoms with Crippen molar-refractivity contribution in [2.45, 2.75) is 32.3 Å². The molecule has 1 rings (SSSR count). The lowest BCUT2D eigenvalue weighted by molar-refractivity contribution is -0.123. The molecule has 62 valence electrons. The van der Waals surface area contributed by atoms with Gasteiger partial charge in [-0.1, -0.05) is 13.3 Å². The maximum atomic E-state index is 10.8. The molecule has 1 unspecified atom stereocenters. The number of ether oxygens (including phenoxy) is 1. The van der Waals surface area contributed by atoms with Gasteiger partial charge in [-0.15, -0.1) is 0 Å². The van der Waals surface area contributed by atoms with Crippen molar-refractivity contribution in [2.24, 2.45) is 0 Å². The Hall–Kier alpha value is -1.06. The summed E-state index contributed by atoms with van der Waals surface area (Å²) in [7, 11) is 0. The van der Waals surface area contributed by atoms with Gasteiger partial charge in [0.1, 0.15) is 0 Å². The number of hydrogen-bond acceptors (Lipinski definition) is 3. The molecule has 2 amide bonds. The van der Waals surface area contributed by atoms with Crippen molar-refractivity contribution in [1.29, 1.82) is 0 Å². The minimum atomic E-state index is -0.615. The molecule has 4 nitrogen and oxygen atoms in total. The Morgan fingerprint density at radius 3 is 2.73 bits per heavy atom. The molecular formula is C7H11NO3. The van der Waals surface area contributed by atoms with Crippen LogP contribution >= 0.6 is 0 Å². The van der Waals surface area contributed by atoms with E-state index in [2.05, 4.69) is 10.1 Å². The van der Waals surface area contributed by atoms with E-state index in [1.807, 2.05) is 6.92 Å². The summed E-state index contributed by atoms with van der Waals surface area (Å²) in [4.78, 5) is 21.3. The SMILES string of the molecule is CCCCC1OC(=O)NC1=O. The van der Waals surface area contributed by atoms with Crippen molar-refractivity contribution in [3.8, 4) is 0 Å². The molecule has 1 atom stereocenters. The second-order valence-electron chi connectivity index (χ2n) is 2.53. The third-order valence-electron chi connectivity index (χ3n) is 1.59. The number of imide groups is 1. The molecule has 1 fully saturated rings. The maximum absolute atomic E-state index is 10.8. The molecule has 0 aromatic carbocycles. The van der Waals surface area contributed by atoms with Crippen LogP contribution in [0.1, 0.15) is 26.2 Å². The van der Waals surface area contributed by atoms with Crippen molar-refractivity contribution in [3.05, 3.63) is 0 Å². The Morgan fingerprint density at radius 2 is 2.27 bits per heavy atom. The van der Waals surface area contributed by atoms with Gasteiger partial charge in [0, 0.05) is 0 Å². The highest BCUT2D eigenvalue weighted by atomic mass is 16.6. The van der Waals surface area contributed by atoms with E-state index in [-0.39, 0.29) is 5.91 Å². The minimum absolute atomic E-state index is 0.302. The molecule has 1 aliphatic rings. The van der Waals surface area contributed by atoms with E-state index in [9.17, 15) is 9.59 Å². The normalized spacial score (nSPS) is 23.2. The van der Waals surface area contributed by atoms with Gasteiger partial charge in [-0.2, -0.15) is 0 Å². The van der Waals surface area contributed by atoms with E-state index >= 15 is 0 Å².